The summed E-state index contributed by atoms with van der Waals surface area (Å²) in [5, 5.41) is 0. The van der Waals surface area contributed by atoms with Crippen molar-refractivity contribution < 1.29 is 8.42 Å². The summed E-state index contributed by atoms with van der Waals surface area (Å²) in [6, 6.07) is 16.3. The first-order valence-corrected chi connectivity index (χ1v) is 8.03. The number of sulfonamides is 1. The minimum atomic E-state index is -3.64. The summed E-state index contributed by atoms with van der Waals surface area (Å²) in [5.41, 5.74) is 2.46. The van der Waals surface area contributed by atoms with E-state index in [1.807, 2.05) is 43.3 Å². The van der Waals surface area contributed by atoms with Crippen LogP contribution in [0.1, 0.15) is 18.1 Å². The maximum Gasteiger partial charge on any atom is 0.282 e. The van der Waals surface area contributed by atoms with Crippen LogP contribution < -0.4 is 0 Å². The zero-order valence-electron chi connectivity index (χ0n) is 12.0. The molecule has 4 heteroatoms. The summed E-state index contributed by atoms with van der Waals surface area (Å²) in [7, 11) is -3.64. The second-order valence-corrected chi connectivity index (χ2v) is 6.37. The van der Waals surface area contributed by atoms with Gasteiger partial charge in [-0.1, -0.05) is 54.1 Å². The average Bonchev–Trinajstić information content (AvgIpc) is 2.46. The van der Waals surface area contributed by atoms with E-state index >= 15 is 0 Å². The summed E-state index contributed by atoms with van der Waals surface area (Å²) in [4.78, 5) is 0.209. The van der Waals surface area contributed by atoms with Crippen molar-refractivity contribution in [2.75, 3.05) is 0 Å². The minimum absolute atomic E-state index is 0.209. The Bertz CT molecular complexity index is 758. The lowest BCUT2D eigenvalue weighted by Crippen LogP contribution is -2.00. The molecule has 0 bridgehead atoms. The van der Waals surface area contributed by atoms with Gasteiger partial charge in [-0.05, 0) is 37.6 Å². The van der Waals surface area contributed by atoms with E-state index in [0.29, 0.717) is 5.71 Å². The molecule has 0 atom stereocenters. The van der Waals surface area contributed by atoms with Crippen LogP contribution in [0.15, 0.2) is 70.0 Å². The van der Waals surface area contributed by atoms with Crippen molar-refractivity contribution in [3.63, 3.8) is 0 Å². The van der Waals surface area contributed by atoms with E-state index in [0.717, 1.165) is 11.1 Å². The van der Waals surface area contributed by atoms with Crippen LogP contribution in [0.25, 0.3) is 6.08 Å². The molecule has 0 radical (unpaired) electrons. The third-order valence-corrected chi connectivity index (χ3v) is 4.30. The highest BCUT2D eigenvalue weighted by atomic mass is 32.2. The maximum absolute atomic E-state index is 12.1. The van der Waals surface area contributed by atoms with E-state index in [4.69, 9.17) is 0 Å². The highest BCUT2D eigenvalue weighted by Crippen LogP contribution is 2.13. The molecule has 0 spiro atoms. The second kappa shape index (κ2) is 6.50. The Morgan fingerprint density at radius 2 is 1.62 bits per heavy atom. The van der Waals surface area contributed by atoms with E-state index in [1.54, 1.807) is 37.3 Å². The van der Waals surface area contributed by atoms with E-state index in [2.05, 4.69) is 4.40 Å². The molecule has 108 valence electrons. The molecule has 2 aromatic carbocycles. The van der Waals surface area contributed by atoms with Gasteiger partial charge in [-0.2, -0.15) is 12.8 Å². The summed E-state index contributed by atoms with van der Waals surface area (Å²) in [6.45, 7) is 3.58. The first kappa shape index (κ1) is 15.2. The van der Waals surface area contributed by atoms with Crippen molar-refractivity contribution in [2.24, 2.45) is 4.40 Å². The number of benzene rings is 2. The summed E-state index contributed by atoms with van der Waals surface area (Å²) in [6.07, 6.45) is 3.53. The van der Waals surface area contributed by atoms with Gasteiger partial charge in [0, 0.05) is 0 Å². The van der Waals surface area contributed by atoms with Crippen LogP contribution in [0.4, 0.5) is 0 Å². The topological polar surface area (TPSA) is 46.5 Å². The summed E-state index contributed by atoms with van der Waals surface area (Å²) < 4.78 is 28.1. The molecule has 0 aliphatic rings. The molecule has 0 amide bonds. The number of rotatable bonds is 4. The van der Waals surface area contributed by atoms with Gasteiger partial charge < -0.3 is 0 Å². The normalized spacial score (nSPS) is 12.8. The van der Waals surface area contributed by atoms with Gasteiger partial charge in [-0.25, -0.2) is 0 Å². The standard InChI is InChI=1S/C17H17NO2S/c1-14-8-12-17(13-9-14)21(19,20)18-15(2)10-11-16-6-4-3-5-7-16/h3-13H,1-2H3/b11-10+,18-15+. The van der Waals surface area contributed by atoms with Gasteiger partial charge in [-0.3, -0.25) is 0 Å². The lowest BCUT2D eigenvalue weighted by Gasteiger charge is -2.00. The first-order chi connectivity index (χ1) is 9.97. The van der Waals surface area contributed by atoms with Crippen LogP contribution in [0.2, 0.25) is 0 Å². The van der Waals surface area contributed by atoms with Gasteiger partial charge >= 0.3 is 0 Å². The molecule has 21 heavy (non-hydrogen) atoms. The molecule has 0 aliphatic carbocycles. The largest absolute Gasteiger partial charge is 0.282 e. The highest BCUT2D eigenvalue weighted by molar-refractivity contribution is 7.90. The quantitative estimate of drug-likeness (QED) is 0.805. The van der Waals surface area contributed by atoms with E-state index in [9.17, 15) is 8.42 Å². The number of hydrogen-bond acceptors (Lipinski definition) is 2. The zero-order valence-corrected chi connectivity index (χ0v) is 12.8. The van der Waals surface area contributed by atoms with Crippen molar-refractivity contribution in [2.45, 2.75) is 18.7 Å². The monoisotopic (exact) mass is 299 g/mol. The third-order valence-electron chi connectivity index (χ3n) is 2.90. The smallest absolute Gasteiger partial charge is 0.199 e. The van der Waals surface area contributed by atoms with Crippen LogP contribution in [-0.4, -0.2) is 14.1 Å². The molecule has 2 rings (SSSR count). The lowest BCUT2D eigenvalue weighted by atomic mass is 10.2. The van der Waals surface area contributed by atoms with Gasteiger partial charge in [0.15, 0.2) is 0 Å². The molecule has 0 N–H and O–H groups in total. The molecule has 0 heterocycles. The van der Waals surface area contributed by atoms with Crippen LogP contribution in [0.5, 0.6) is 0 Å². The number of allylic oxidation sites excluding steroid dienone is 1. The van der Waals surface area contributed by atoms with Crippen molar-refractivity contribution >= 4 is 21.8 Å². The highest BCUT2D eigenvalue weighted by Gasteiger charge is 2.11. The fraction of sp³-hybridized carbons (Fsp3) is 0.118. The Labute approximate surface area is 125 Å². The second-order valence-electron chi connectivity index (χ2n) is 4.76. The third kappa shape index (κ3) is 4.39. The number of aryl methyl sites for hydroxylation is 1. The molecular weight excluding hydrogens is 282 g/mol. The fourth-order valence-electron chi connectivity index (χ4n) is 1.76. The number of nitrogens with zero attached hydrogens (tertiary/aromatic N) is 1. The van der Waals surface area contributed by atoms with Crippen LogP contribution in [-0.2, 0) is 10.0 Å². The van der Waals surface area contributed by atoms with Crippen LogP contribution in [0.3, 0.4) is 0 Å². The van der Waals surface area contributed by atoms with Crippen molar-refractivity contribution in [1.82, 2.24) is 0 Å². The van der Waals surface area contributed by atoms with E-state index < -0.39 is 10.0 Å². The van der Waals surface area contributed by atoms with E-state index in [1.165, 1.54) is 0 Å². The molecule has 0 saturated carbocycles. The van der Waals surface area contributed by atoms with Crippen molar-refractivity contribution in [3.8, 4) is 0 Å². The predicted molar refractivity (Wildman–Crippen MR) is 86.9 cm³/mol. The predicted octanol–water partition coefficient (Wildman–Crippen LogP) is 3.86. The van der Waals surface area contributed by atoms with Gasteiger partial charge in [0.1, 0.15) is 0 Å². The average molecular weight is 299 g/mol. The Hall–Kier alpha value is -2.20. The Morgan fingerprint density at radius 3 is 2.24 bits per heavy atom. The Balaban J connectivity index is 2.21. The molecule has 0 fully saturated rings. The SMILES string of the molecule is CC(/C=C/c1ccccc1)=N\S(=O)(=O)c1ccc(C)cc1. The van der Waals surface area contributed by atoms with Gasteiger partial charge in [-0.15, -0.1) is 0 Å². The first-order valence-electron chi connectivity index (χ1n) is 6.59. The van der Waals surface area contributed by atoms with Crippen molar-refractivity contribution in [1.29, 1.82) is 0 Å². The molecule has 2 aromatic rings. The summed E-state index contributed by atoms with van der Waals surface area (Å²) in [5.74, 6) is 0. The molecule has 0 saturated heterocycles. The Morgan fingerprint density at radius 1 is 1.00 bits per heavy atom. The molecule has 3 nitrogen and oxygen atoms in total. The van der Waals surface area contributed by atoms with Gasteiger partial charge in [0.2, 0.25) is 0 Å². The molecule has 0 aliphatic heterocycles. The van der Waals surface area contributed by atoms with Crippen LogP contribution >= 0.6 is 0 Å². The maximum atomic E-state index is 12.1. The lowest BCUT2D eigenvalue weighted by molar-refractivity contribution is 0.598. The summed E-state index contributed by atoms with van der Waals surface area (Å²) >= 11 is 0. The number of hydrogen-bond donors (Lipinski definition) is 0. The van der Waals surface area contributed by atoms with Gasteiger partial charge in [0.05, 0.1) is 10.6 Å². The van der Waals surface area contributed by atoms with Crippen molar-refractivity contribution in [3.05, 3.63) is 71.8 Å². The van der Waals surface area contributed by atoms with Gasteiger partial charge in [0.25, 0.3) is 10.0 Å². The minimum Gasteiger partial charge on any atom is -0.199 e. The fourth-order valence-corrected chi connectivity index (χ4v) is 2.79. The van der Waals surface area contributed by atoms with Crippen LogP contribution in [0, 0.1) is 6.92 Å². The molecule has 0 aromatic heterocycles. The Kier molecular flexibility index (Phi) is 4.70. The van der Waals surface area contributed by atoms with E-state index in [-0.39, 0.29) is 4.90 Å². The zero-order chi connectivity index (χ0) is 15.3. The molecular formula is C17H17NO2S. The molecule has 0 unspecified atom stereocenters.